The number of aromatic nitrogens is 2. The highest BCUT2D eigenvalue weighted by Gasteiger charge is 2.20. The number of nitrogens with one attached hydrogen (secondary N) is 1. The van der Waals surface area contributed by atoms with Gasteiger partial charge in [-0.2, -0.15) is 10.1 Å². The van der Waals surface area contributed by atoms with Crippen molar-refractivity contribution >= 4 is 11.6 Å². The molecule has 1 aliphatic rings. The molecule has 0 aromatic carbocycles. The van der Waals surface area contributed by atoms with Gasteiger partial charge in [-0.25, -0.2) is 0 Å². The first-order chi connectivity index (χ1) is 9.45. The smallest absolute Gasteiger partial charge is 0.248 e. The lowest BCUT2D eigenvalue weighted by atomic mass is 10.2. The topological polar surface area (TPSA) is 83.6 Å². The van der Waals surface area contributed by atoms with Gasteiger partial charge in [-0.1, -0.05) is 19.0 Å². The first-order valence-corrected chi connectivity index (χ1v) is 6.87. The Bertz CT molecular complexity index is 509. The van der Waals surface area contributed by atoms with E-state index in [9.17, 15) is 4.79 Å². The van der Waals surface area contributed by atoms with E-state index in [2.05, 4.69) is 20.6 Å². The Kier molecular flexibility index (Phi) is 4.36. The van der Waals surface area contributed by atoms with Gasteiger partial charge >= 0.3 is 0 Å². The summed E-state index contributed by atoms with van der Waals surface area (Å²) in [4.78, 5) is 16.2. The summed E-state index contributed by atoms with van der Waals surface area (Å²) in [6.45, 7) is 8.83. The summed E-state index contributed by atoms with van der Waals surface area (Å²) in [6, 6.07) is -0.296. The van der Waals surface area contributed by atoms with Gasteiger partial charge in [0.05, 0.1) is 0 Å². The average molecular weight is 279 g/mol. The summed E-state index contributed by atoms with van der Waals surface area (Å²) in [5.41, 5.74) is 1.06. The Balaban J connectivity index is 1.87. The molecule has 0 saturated carbocycles. The van der Waals surface area contributed by atoms with E-state index >= 15 is 0 Å². The minimum atomic E-state index is -0.296. The van der Waals surface area contributed by atoms with Gasteiger partial charge in [-0.3, -0.25) is 9.80 Å². The van der Waals surface area contributed by atoms with Crippen LogP contribution in [0.5, 0.6) is 0 Å². The maximum Gasteiger partial charge on any atom is 0.248 e. The van der Waals surface area contributed by atoms with Gasteiger partial charge in [-0.05, 0) is 13.8 Å². The Morgan fingerprint density at radius 1 is 1.45 bits per heavy atom. The third-order valence-electron chi connectivity index (χ3n) is 3.09. The van der Waals surface area contributed by atoms with Gasteiger partial charge in [0.15, 0.2) is 5.82 Å². The van der Waals surface area contributed by atoms with Crippen molar-refractivity contribution < 1.29 is 9.32 Å². The fourth-order valence-electron chi connectivity index (χ4n) is 1.92. The van der Waals surface area contributed by atoms with Crippen molar-refractivity contribution in [1.29, 1.82) is 0 Å². The lowest BCUT2D eigenvalue weighted by Gasteiger charge is -2.15. The van der Waals surface area contributed by atoms with E-state index in [-0.39, 0.29) is 24.4 Å². The molecule has 0 fully saturated rings. The van der Waals surface area contributed by atoms with Crippen molar-refractivity contribution in [2.24, 2.45) is 5.10 Å². The molecular weight excluding hydrogens is 258 g/mol. The van der Waals surface area contributed by atoms with Crippen LogP contribution < -0.4 is 5.32 Å². The molecule has 0 aliphatic carbocycles. The van der Waals surface area contributed by atoms with Crippen molar-refractivity contribution in [2.75, 3.05) is 13.1 Å². The van der Waals surface area contributed by atoms with Crippen LogP contribution in [0.1, 0.15) is 57.8 Å². The summed E-state index contributed by atoms with van der Waals surface area (Å²) < 4.78 is 5.16. The van der Waals surface area contributed by atoms with Crippen LogP contribution in [-0.2, 0) is 4.79 Å². The zero-order valence-corrected chi connectivity index (χ0v) is 12.4. The molecule has 0 bridgehead atoms. The Labute approximate surface area is 118 Å². The summed E-state index contributed by atoms with van der Waals surface area (Å²) >= 11 is 0. The number of nitrogens with zero attached hydrogens (tertiary/aromatic N) is 4. The van der Waals surface area contributed by atoms with Crippen molar-refractivity contribution in [1.82, 2.24) is 20.5 Å². The van der Waals surface area contributed by atoms with Crippen LogP contribution in [0.25, 0.3) is 0 Å². The van der Waals surface area contributed by atoms with E-state index < -0.39 is 0 Å². The number of hydrogen-bond donors (Lipinski definition) is 1. The van der Waals surface area contributed by atoms with Crippen LogP contribution >= 0.6 is 0 Å². The Hall–Kier alpha value is -1.92. The van der Waals surface area contributed by atoms with Gasteiger partial charge in [-0.15, -0.1) is 0 Å². The first kappa shape index (κ1) is 14.5. The molecule has 0 radical (unpaired) electrons. The van der Waals surface area contributed by atoms with Gasteiger partial charge in [0.2, 0.25) is 11.8 Å². The largest absolute Gasteiger partial charge is 0.343 e. The molecule has 1 N–H and O–H groups in total. The second kappa shape index (κ2) is 6.02. The normalized spacial score (nSPS) is 16.4. The van der Waals surface area contributed by atoms with E-state index in [1.54, 1.807) is 5.01 Å². The molecule has 20 heavy (non-hydrogen) atoms. The van der Waals surface area contributed by atoms with E-state index in [1.165, 1.54) is 0 Å². The maximum absolute atomic E-state index is 11.9. The van der Waals surface area contributed by atoms with Crippen LogP contribution in [0, 0.1) is 0 Å². The molecule has 0 saturated heterocycles. The van der Waals surface area contributed by atoms with E-state index in [1.807, 2.05) is 27.7 Å². The molecule has 1 atom stereocenters. The number of carbonyl (C=O) groups is 1. The molecule has 1 aliphatic heterocycles. The van der Waals surface area contributed by atoms with Crippen LogP contribution in [0.3, 0.4) is 0 Å². The molecule has 7 nitrogen and oxygen atoms in total. The highest BCUT2D eigenvalue weighted by Crippen LogP contribution is 2.14. The van der Waals surface area contributed by atoms with Crippen molar-refractivity contribution in [3.8, 4) is 0 Å². The average Bonchev–Trinajstić information content (AvgIpc) is 2.98. The summed E-state index contributed by atoms with van der Waals surface area (Å²) in [5.74, 6) is 1.20. The minimum absolute atomic E-state index is 0.0970. The molecule has 2 heterocycles. The predicted octanol–water partition coefficient (Wildman–Crippen LogP) is 1.45. The first-order valence-electron chi connectivity index (χ1n) is 6.87. The van der Waals surface area contributed by atoms with Crippen LogP contribution in [0.4, 0.5) is 0 Å². The lowest BCUT2D eigenvalue weighted by molar-refractivity contribution is -0.122. The summed E-state index contributed by atoms with van der Waals surface area (Å²) in [7, 11) is 0. The SMILES string of the molecule is CC1=NN(CC(=O)NC(C)c2nc(C(C)C)no2)CC1. The minimum Gasteiger partial charge on any atom is -0.343 e. The Morgan fingerprint density at radius 2 is 2.20 bits per heavy atom. The monoisotopic (exact) mass is 279 g/mol. The lowest BCUT2D eigenvalue weighted by Crippen LogP contribution is -2.35. The highest BCUT2D eigenvalue weighted by atomic mass is 16.5. The van der Waals surface area contributed by atoms with E-state index in [0.717, 1.165) is 18.7 Å². The third kappa shape index (κ3) is 3.55. The fourth-order valence-corrected chi connectivity index (χ4v) is 1.92. The second-order valence-electron chi connectivity index (χ2n) is 5.41. The standard InChI is InChI=1S/C13H21N5O2/c1-8(2)12-15-13(20-17-12)10(4)14-11(19)7-18-6-5-9(3)16-18/h8,10H,5-7H2,1-4H3,(H,14,19). The number of hydrogen-bond acceptors (Lipinski definition) is 6. The van der Waals surface area contributed by atoms with Crippen LogP contribution in [0.2, 0.25) is 0 Å². The van der Waals surface area contributed by atoms with Crippen LogP contribution in [-0.4, -0.2) is 39.9 Å². The Morgan fingerprint density at radius 3 is 2.75 bits per heavy atom. The molecule has 1 amide bonds. The number of amides is 1. The quantitative estimate of drug-likeness (QED) is 0.882. The summed E-state index contributed by atoms with van der Waals surface area (Å²) in [6.07, 6.45) is 0.921. The fraction of sp³-hybridized carbons (Fsp3) is 0.692. The van der Waals surface area contributed by atoms with Gasteiger partial charge in [0.25, 0.3) is 0 Å². The predicted molar refractivity (Wildman–Crippen MR) is 74.2 cm³/mol. The highest BCUT2D eigenvalue weighted by molar-refractivity contribution is 5.84. The van der Waals surface area contributed by atoms with E-state index in [4.69, 9.17) is 4.52 Å². The maximum atomic E-state index is 11.9. The molecule has 7 heteroatoms. The van der Waals surface area contributed by atoms with Crippen LogP contribution in [0.15, 0.2) is 9.62 Å². The number of hydrazone groups is 1. The molecule has 2 rings (SSSR count). The third-order valence-corrected chi connectivity index (χ3v) is 3.09. The van der Waals surface area contributed by atoms with Crippen molar-refractivity contribution in [3.05, 3.63) is 11.7 Å². The second-order valence-corrected chi connectivity index (χ2v) is 5.41. The van der Waals surface area contributed by atoms with E-state index in [0.29, 0.717) is 11.7 Å². The number of carbonyl (C=O) groups excluding carboxylic acids is 1. The number of rotatable bonds is 5. The molecule has 1 aromatic rings. The zero-order valence-electron chi connectivity index (χ0n) is 12.4. The molecule has 0 spiro atoms. The van der Waals surface area contributed by atoms with Gasteiger partial charge in [0, 0.05) is 24.6 Å². The van der Waals surface area contributed by atoms with Crippen molar-refractivity contribution in [3.63, 3.8) is 0 Å². The van der Waals surface area contributed by atoms with Gasteiger partial charge in [0.1, 0.15) is 12.6 Å². The summed E-state index contributed by atoms with van der Waals surface area (Å²) in [5, 5.41) is 12.8. The molecular formula is C13H21N5O2. The van der Waals surface area contributed by atoms with Crippen molar-refractivity contribution in [2.45, 2.75) is 46.1 Å². The molecule has 1 aromatic heterocycles. The van der Waals surface area contributed by atoms with Gasteiger partial charge < -0.3 is 9.84 Å². The zero-order chi connectivity index (χ0) is 14.7. The molecule has 110 valence electrons. The molecule has 1 unspecified atom stereocenters.